The molecule has 3 aromatic rings. The van der Waals surface area contributed by atoms with Crippen molar-refractivity contribution in [3.63, 3.8) is 0 Å². The van der Waals surface area contributed by atoms with Crippen LogP contribution in [0.2, 0.25) is 0 Å². The summed E-state index contributed by atoms with van der Waals surface area (Å²) in [6.45, 7) is 1.38. The van der Waals surface area contributed by atoms with E-state index in [9.17, 15) is 0 Å². The first-order valence-corrected chi connectivity index (χ1v) is 6.72. The second-order valence-corrected chi connectivity index (χ2v) is 4.88. The van der Waals surface area contributed by atoms with Gasteiger partial charge in [0.25, 0.3) is 0 Å². The molecule has 1 N–H and O–H groups in total. The summed E-state index contributed by atoms with van der Waals surface area (Å²) in [6, 6.07) is 9.85. The first-order valence-electron chi connectivity index (χ1n) is 5.84. The smallest absolute Gasteiger partial charge is 0.170 e. The number of thiazole rings is 1. The van der Waals surface area contributed by atoms with E-state index in [1.807, 2.05) is 42.0 Å². The average molecular weight is 272 g/mol. The van der Waals surface area contributed by atoms with Crippen molar-refractivity contribution in [1.82, 2.24) is 30.5 Å². The Balaban J connectivity index is 1.67. The fraction of sp³-hybridized carbons (Fsp3) is 0.167. The molecule has 0 saturated heterocycles. The van der Waals surface area contributed by atoms with Gasteiger partial charge in [0.15, 0.2) is 5.82 Å². The lowest BCUT2D eigenvalue weighted by Crippen LogP contribution is -2.16. The van der Waals surface area contributed by atoms with E-state index >= 15 is 0 Å². The summed E-state index contributed by atoms with van der Waals surface area (Å²) < 4.78 is 1.74. The molecule has 19 heavy (non-hydrogen) atoms. The zero-order valence-corrected chi connectivity index (χ0v) is 10.9. The van der Waals surface area contributed by atoms with Crippen molar-refractivity contribution in [3.05, 3.63) is 52.7 Å². The second-order valence-electron chi connectivity index (χ2n) is 3.91. The lowest BCUT2D eigenvalue weighted by Gasteiger charge is -2.04. The molecule has 0 fully saturated rings. The Morgan fingerprint density at radius 3 is 2.84 bits per heavy atom. The van der Waals surface area contributed by atoms with Crippen molar-refractivity contribution in [1.29, 1.82) is 0 Å². The molecule has 0 aliphatic heterocycles. The van der Waals surface area contributed by atoms with E-state index in [0.29, 0.717) is 6.54 Å². The van der Waals surface area contributed by atoms with Crippen molar-refractivity contribution in [2.45, 2.75) is 13.1 Å². The Kier molecular flexibility index (Phi) is 3.57. The van der Waals surface area contributed by atoms with Crippen molar-refractivity contribution in [2.24, 2.45) is 0 Å². The number of rotatable bonds is 5. The molecule has 2 heterocycles. The third-order valence-corrected chi connectivity index (χ3v) is 3.38. The highest BCUT2D eigenvalue weighted by Crippen LogP contribution is 2.08. The summed E-state index contributed by atoms with van der Waals surface area (Å²) >= 11 is 1.63. The Labute approximate surface area is 114 Å². The van der Waals surface area contributed by atoms with Crippen molar-refractivity contribution in [2.75, 3.05) is 0 Å². The highest BCUT2D eigenvalue weighted by molar-refractivity contribution is 7.09. The first kappa shape index (κ1) is 11.9. The topological polar surface area (TPSA) is 68.5 Å². The molecule has 0 unspecified atom stereocenters. The van der Waals surface area contributed by atoms with Crippen LogP contribution >= 0.6 is 11.3 Å². The van der Waals surface area contributed by atoms with Gasteiger partial charge >= 0.3 is 0 Å². The van der Waals surface area contributed by atoms with E-state index in [-0.39, 0.29) is 0 Å². The standard InChI is InChI=1S/C12H12N6S/c1-2-4-10(5-3-1)18-12(15-16-17-18)8-13-6-11-7-14-9-19-11/h1-5,7,9,13H,6,8H2. The lowest BCUT2D eigenvalue weighted by molar-refractivity contribution is 0.645. The van der Waals surface area contributed by atoms with Crippen LogP contribution in [0.5, 0.6) is 0 Å². The SMILES string of the molecule is c1ccc(-n2nnnc2CNCc2cncs2)cc1. The summed E-state index contributed by atoms with van der Waals surface area (Å²) in [5.74, 6) is 0.788. The number of benzene rings is 1. The molecule has 0 aliphatic carbocycles. The molecule has 1 aromatic carbocycles. The van der Waals surface area contributed by atoms with Gasteiger partial charge in [-0.3, -0.25) is 4.98 Å². The fourth-order valence-corrected chi connectivity index (χ4v) is 2.28. The lowest BCUT2D eigenvalue weighted by atomic mass is 10.3. The number of nitrogens with zero attached hydrogens (tertiary/aromatic N) is 5. The number of tetrazole rings is 1. The maximum Gasteiger partial charge on any atom is 0.170 e. The van der Waals surface area contributed by atoms with Crippen LogP contribution in [0.15, 0.2) is 42.0 Å². The van der Waals surface area contributed by atoms with Crippen LogP contribution in [0, 0.1) is 0 Å². The van der Waals surface area contributed by atoms with Crippen LogP contribution in [-0.2, 0) is 13.1 Å². The van der Waals surface area contributed by atoms with E-state index in [1.54, 1.807) is 16.0 Å². The predicted octanol–water partition coefficient (Wildman–Crippen LogP) is 1.41. The average Bonchev–Trinajstić information content (AvgIpc) is 3.11. The van der Waals surface area contributed by atoms with Gasteiger partial charge in [0, 0.05) is 17.6 Å². The Bertz CT molecular complexity index is 619. The first-order chi connectivity index (χ1) is 9.43. The number of nitrogens with one attached hydrogen (secondary N) is 1. The van der Waals surface area contributed by atoms with E-state index in [4.69, 9.17) is 0 Å². The Morgan fingerprint density at radius 1 is 1.16 bits per heavy atom. The number of aromatic nitrogens is 5. The number of hydrogen-bond acceptors (Lipinski definition) is 6. The molecule has 0 atom stereocenters. The van der Waals surface area contributed by atoms with Gasteiger partial charge < -0.3 is 5.32 Å². The van der Waals surface area contributed by atoms with Crippen LogP contribution in [0.25, 0.3) is 5.69 Å². The molecule has 0 amide bonds. The Morgan fingerprint density at radius 2 is 2.05 bits per heavy atom. The van der Waals surface area contributed by atoms with Gasteiger partial charge in [0.2, 0.25) is 0 Å². The van der Waals surface area contributed by atoms with Crippen LogP contribution in [0.3, 0.4) is 0 Å². The number of para-hydroxylation sites is 1. The summed E-state index contributed by atoms with van der Waals surface area (Å²) in [7, 11) is 0. The van der Waals surface area contributed by atoms with Gasteiger partial charge in [-0.1, -0.05) is 18.2 Å². The summed E-state index contributed by atoms with van der Waals surface area (Å²) in [5.41, 5.74) is 2.78. The molecule has 0 bridgehead atoms. The van der Waals surface area contributed by atoms with Crippen molar-refractivity contribution in [3.8, 4) is 5.69 Å². The van der Waals surface area contributed by atoms with Crippen LogP contribution in [-0.4, -0.2) is 25.2 Å². The van der Waals surface area contributed by atoms with Crippen LogP contribution < -0.4 is 5.32 Å². The monoisotopic (exact) mass is 272 g/mol. The largest absolute Gasteiger partial charge is 0.305 e. The zero-order chi connectivity index (χ0) is 12.9. The van der Waals surface area contributed by atoms with Gasteiger partial charge in [0.1, 0.15) is 0 Å². The molecule has 7 heteroatoms. The second kappa shape index (κ2) is 5.68. The molecule has 0 saturated carbocycles. The predicted molar refractivity (Wildman–Crippen MR) is 71.8 cm³/mol. The quantitative estimate of drug-likeness (QED) is 0.760. The van der Waals surface area contributed by atoms with Crippen molar-refractivity contribution >= 4 is 11.3 Å². The molecule has 2 aromatic heterocycles. The van der Waals surface area contributed by atoms with Gasteiger partial charge in [-0.05, 0) is 22.6 Å². The van der Waals surface area contributed by atoms with Gasteiger partial charge in [0.05, 0.1) is 17.7 Å². The molecule has 0 radical (unpaired) electrons. The highest BCUT2D eigenvalue weighted by atomic mass is 32.1. The maximum absolute atomic E-state index is 4.04. The third kappa shape index (κ3) is 2.83. The fourth-order valence-electron chi connectivity index (χ4n) is 1.71. The summed E-state index contributed by atoms with van der Waals surface area (Å²) in [4.78, 5) is 5.23. The van der Waals surface area contributed by atoms with Gasteiger partial charge in [-0.25, -0.2) is 0 Å². The minimum absolute atomic E-state index is 0.611. The third-order valence-electron chi connectivity index (χ3n) is 2.60. The van der Waals surface area contributed by atoms with Crippen LogP contribution in [0.1, 0.15) is 10.7 Å². The van der Waals surface area contributed by atoms with E-state index in [1.165, 1.54) is 4.88 Å². The van der Waals surface area contributed by atoms with E-state index < -0.39 is 0 Å². The van der Waals surface area contributed by atoms with E-state index in [0.717, 1.165) is 18.1 Å². The molecule has 3 rings (SSSR count). The summed E-state index contributed by atoms with van der Waals surface area (Å²) in [5, 5.41) is 15.1. The molecule has 6 nitrogen and oxygen atoms in total. The minimum atomic E-state index is 0.611. The van der Waals surface area contributed by atoms with Gasteiger partial charge in [-0.15, -0.1) is 16.4 Å². The van der Waals surface area contributed by atoms with E-state index in [2.05, 4.69) is 25.8 Å². The molecule has 96 valence electrons. The normalized spacial score (nSPS) is 10.7. The Hall–Kier alpha value is -2.12. The van der Waals surface area contributed by atoms with Gasteiger partial charge in [-0.2, -0.15) is 4.68 Å². The summed E-state index contributed by atoms with van der Waals surface area (Å²) in [6.07, 6.45) is 1.86. The van der Waals surface area contributed by atoms with Crippen molar-refractivity contribution < 1.29 is 0 Å². The zero-order valence-electron chi connectivity index (χ0n) is 10.1. The molecular weight excluding hydrogens is 260 g/mol. The van der Waals surface area contributed by atoms with Crippen LogP contribution in [0.4, 0.5) is 0 Å². The minimum Gasteiger partial charge on any atom is -0.305 e. The molecular formula is C12H12N6S. The number of hydrogen-bond donors (Lipinski definition) is 1. The highest BCUT2D eigenvalue weighted by Gasteiger charge is 2.07. The maximum atomic E-state index is 4.04. The molecule has 0 aliphatic rings. The molecule has 0 spiro atoms.